The summed E-state index contributed by atoms with van der Waals surface area (Å²) >= 11 is 5.66. The van der Waals surface area contributed by atoms with Crippen LogP contribution in [0.1, 0.15) is 21.5 Å². The maximum absolute atomic E-state index is 13.6. The minimum atomic E-state index is -0.592. The van der Waals surface area contributed by atoms with Gasteiger partial charge in [0.05, 0.1) is 10.6 Å². The molecule has 0 amide bonds. The van der Waals surface area contributed by atoms with Crippen LogP contribution in [0.2, 0.25) is 5.02 Å². The second-order valence-electron chi connectivity index (χ2n) is 4.38. The molecule has 0 radical (unpaired) electrons. The highest BCUT2D eigenvalue weighted by atomic mass is 35.5. The summed E-state index contributed by atoms with van der Waals surface area (Å²) in [6, 6.07) is 9.59. The highest BCUT2D eigenvalue weighted by Gasteiger charge is 2.13. The fourth-order valence-corrected chi connectivity index (χ4v) is 1.92. The molecule has 0 unspecified atom stereocenters. The van der Waals surface area contributed by atoms with Crippen LogP contribution in [0.5, 0.6) is 0 Å². The third-order valence-electron chi connectivity index (χ3n) is 2.82. The first-order valence-electron chi connectivity index (χ1n) is 5.95. The number of rotatable bonds is 3. The molecule has 0 atom stereocenters. The summed E-state index contributed by atoms with van der Waals surface area (Å²) in [5, 5.41) is -0.00591. The average molecular weight is 294 g/mol. The maximum atomic E-state index is 13.6. The zero-order valence-corrected chi connectivity index (χ0v) is 11.6. The molecule has 0 fully saturated rings. The van der Waals surface area contributed by atoms with E-state index in [9.17, 15) is 9.18 Å². The van der Waals surface area contributed by atoms with E-state index in [1.165, 1.54) is 12.1 Å². The summed E-state index contributed by atoms with van der Waals surface area (Å²) in [4.78, 5) is 11.9. The van der Waals surface area contributed by atoms with Crippen molar-refractivity contribution in [2.24, 2.45) is 0 Å². The van der Waals surface area contributed by atoms with Gasteiger partial charge in [-0.25, -0.2) is 9.18 Å². The Morgan fingerprint density at radius 2 is 2.10 bits per heavy atom. The largest absolute Gasteiger partial charge is 0.457 e. The van der Waals surface area contributed by atoms with Crippen LogP contribution in [-0.4, -0.2) is 5.97 Å². The van der Waals surface area contributed by atoms with E-state index in [1.807, 2.05) is 6.92 Å². The van der Waals surface area contributed by atoms with Crippen LogP contribution in [0.15, 0.2) is 36.4 Å². The average Bonchev–Trinajstić information content (AvgIpc) is 2.43. The van der Waals surface area contributed by atoms with Crippen molar-refractivity contribution in [3.8, 4) is 0 Å². The van der Waals surface area contributed by atoms with Gasteiger partial charge in [0, 0.05) is 11.3 Å². The van der Waals surface area contributed by atoms with Gasteiger partial charge in [-0.3, -0.25) is 0 Å². The summed E-state index contributed by atoms with van der Waals surface area (Å²) in [6.45, 7) is 1.64. The Morgan fingerprint density at radius 3 is 2.85 bits per heavy atom. The molecule has 0 bridgehead atoms. The van der Waals surface area contributed by atoms with E-state index in [-0.39, 0.29) is 22.8 Å². The second-order valence-corrected chi connectivity index (χ2v) is 4.79. The summed E-state index contributed by atoms with van der Waals surface area (Å²) < 4.78 is 18.7. The number of hydrogen-bond donors (Lipinski definition) is 1. The molecule has 0 heterocycles. The zero-order chi connectivity index (χ0) is 14.7. The van der Waals surface area contributed by atoms with Gasteiger partial charge in [-0.2, -0.15) is 0 Å². The molecule has 20 heavy (non-hydrogen) atoms. The molecule has 0 aromatic heterocycles. The molecule has 5 heteroatoms. The number of aryl methyl sites for hydroxylation is 1. The van der Waals surface area contributed by atoms with Crippen LogP contribution in [0.3, 0.4) is 0 Å². The summed E-state index contributed by atoms with van der Waals surface area (Å²) in [6.07, 6.45) is 0. The van der Waals surface area contributed by atoms with Crippen molar-refractivity contribution in [2.45, 2.75) is 13.5 Å². The van der Waals surface area contributed by atoms with Crippen LogP contribution in [0.4, 0.5) is 10.1 Å². The van der Waals surface area contributed by atoms with Crippen molar-refractivity contribution in [3.05, 3.63) is 63.9 Å². The fraction of sp³-hybridized carbons (Fsp3) is 0.133. The third kappa shape index (κ3) is 3.08. The molecule has 0 aliphatic carbocycles. The molecule has 0 spiro atoms. The van der Waals surface area contributed by atoms with Crippen LogP contribution in [0.25, 0.3) is 0 Å². The lowest BCUT2D eigenvalue weighted by atomic mass is 10.1. The molecular formula is C15H13ClFNO2. The maximum Gasteiger partial charge on any atom is 0.340 e. The van der Waals surface area contributed by atoms with Gasteiger partial charge in [0.2, 0.25) is 0 Å². The second kappa shape index (κ2) is 5.92. The Bertz CT molecular complexity index is 658. The highest BCUT2D eigenvalue weighted by molar-refractivity contribution is 6.30. The number of nitrogens with two attached hydrogens (primary N) is 1. The van der Waals surface area contributed by atoms with Gasteiger partial charge in [-0.05, 0) is 25.1 Å². The van der Waals surface area contributed by atoms with Gasteiger partial charge in [0.15, 0.2) is 0 Å². The first-order valence-corrected chi connectivity index (χ1v) is 6.33. The van der Waals surface area contributed by atoms with Crippen molar-refractivity contribution >= 4 is 23.3 Å². The number of hydrogen-bond acceptors (Lipinski definition) is 3. The normalized spacial score (nSPS) is 10.3. The SMILES string of the molecule is Cc1ccc(N)c(C(=O)OCc2cccc(Cl)c2F)c1. The predicted molar refractivity (Wildman–Crippen MR) is 76.1 cm³/mol. The monoisotopic (exact) mass is 293 g/mol. The molecule has 104 valence electrons. The van der Waals surface area contributed by atoms with E-state index in [0.717, 1.165) is 5.56 Å². The molecular weight excluding hydrogens is 281 g/mol. The number of benzene rings is 2. The van der Waals surface area contributed by atoms with E-state index < -0.39 is 11.8 Å². The van der Waals surface area contributed by atoms with Crippen molar-refractivity contribution in [3.63, 3.8) is 0 Å². The minimum Gasteiger partial charge on any atom is -0.457 e. The van der Waals surface area contributed by atoms with Crippen molar-refractivity contribution in [2.75, 3.05) is 5.73 Å². The first-order chi connectivity index (χ1) is 9.49. The summed E-state index contributed by atoms with van der Waals surface area (Å²) in [5.41, 5.74) is 7.42. The smallest absolute Gasteiger partial charge is 0.340 e. The van der Waals surface area contributed by atoms with Crippen LogP contribution >= 0.6 is 11.6 Å². The van der Waals surface area contributed by atoms with Gasteiger partial charge in [-0.1, -0.05) is 35.4 Å². The van der Waals surface area contributed by atoms with Crippen molar-refractivity contribution in [1.82, 2.24) is 0 Å². The Balaban J connectivity index is 2.13. The lowest BCUT2D eigenvalue weighted by molar-refractivity contribution is 0.0470. The van der Waals surface area contributed by atoms with E-state index in [1.54, 1.807) is 24.3 Å². The summed E-state index contributed by atoms with van der Waals surface area (Å²) in [7, 11) is 0. The fourth-order valence-electron chi connectivity index (χ4n) is 1.73. The Morgan fingerprint density at radius 1 is 1.35 bits per heavy atom. The molecule has 0 saturated heterocycles. The number of carbonyl (C=O) groups excluding carboxylic acids is 1. The molecule has 2 aromatic carbocycles. The lowest BCUT2D eigenvalue weighted by Crippen LogP contribution is -2.09. The topological polar surface area (TPSA) is 52.3 Å². The van der Waals surface area contributed by atoms with E-state index >= 15 is 0 Å². The van der Waals surface area contributed by atoms with Crippen molar-refractivity contribution < 1.29 is 13.9 Å². The first kappa shape index (κ1) is 14.3. The number of halogens is 2. The number of ether oxygens (including phenoxy) is 1. The number of carbonyl (C=O) groups is 1. The molecule has 0 aliphatic rings. The Labute approximate surface area is 121 Å². The highest BCUT2D eigenvalue weighted by Crippen LogP contribution is 2.20. The van der Waals surface area contributed by atoms with Crippen LogP contribution < -0.4 is 5.73 Å². The van der Waals surface area contributed by atoms with Gasteiger partial charge in [0.25, 0.3) is 0 Å². The van der Waals surface area contributed by atoms with Crippen molar-refractivity contribution in [1.29, 1.82) is 0 Å². The Hall–Kier alpha value is -2.07. The number of esters is 1. The van der Waals surface area contributed by atoms with Gasteiger partial charge in [-0.15, -0.1) is 0 Å². The zero-order valence-electron chi connectivity index (χ0n) is 10.8. The minimum absolute atomic E-state index is 0.00591. The number of anilines is 1. The standard InChI is InChI=1S/C15H13ClFNO2/c1-9-5-6-13(18)11(7-9)15(19)20-8-10-3-2-4-12(16)14(10)17/h2-7H,8,18H2,1H3. The molecule has 0 aliphatic heterocycles. The van der Waals surface area contributed by atoms with E-state index in [2.05, 4.69) is 0 Å². The molecule has 3 nitrogen and oxygen atoms in total. The third-order valence-corrected chi connectivity index (χ3v) is 3.11. The molecule has 2 aromatic rings. The molecule has 2 N–H and O–H groups in total. The quantitative estimate of drug-likeness (QED) is 0.693. The van der Waals surface area contributed by atoms with E-state index in [4.69, 9.17) is 22.1 Å². The Kier molecular flexibility index (Phi) is 4.25. The predicted octanol–water partition coefficient (Wildman–Crippen LogP) is 3.73. The van der Waals surface area contributed by atoms with Gasteiger partial charge >= 0.3 is 5.97 Å². The summed E-state index contributed by atoms with van der Waals surface area (Å²) in [5.74, 6) is -1.18. The van der Waals surface area contributed by atoms with Gasteiger partial charge < -0.3 is 10.5 Å². The molecule has 2 rings (SSSR count). The van der Waals surface area contributed by atoms with Crippen LogP contribution in [0, 0.1) is 12.7 Å². The van der Waals surface area contributed by atoms with E-state index in [0.29, 0.717) is 5.69 Å². The van der Waals surface area contributed by atoms with Crippen LogP contribution in [-0.2, 0) is 11.3 Å². The molecule has 0 saturated carbocycles. The number of nitrogen functional groups attached to an aromatic ring is 1. The van der Waals surface area contributed by atoms with Gasteiger partial charge in [0.1, 0.15) is 12.4 Å². The lowest BCUT2D eigenvalue weighted by Gasteiger charge is -2.09.